The molecule has 0 radical (unpaired) electrons. The molecule has 3 heteroatoms. The summed E-state index contributed by atoms with van der Waals surface area (Å²) < 4.78 is 0. The molecule has 2 aliphatic carbocycles. The minimum atomic E-state index is 0.0846. The van der Waals surface area contributed by atoms with Crippen molar-refractivity contribution >= 4 is 5.91 Å². The second kappa shape index (κ2) is 5.20. The molecule has 1 unspecified atom stereocenters. The Hall–Kier alpha value is -0.570. The van der Waals surface area contributed by atoms with Crippen LogP contribution in [-0.2, 0) is 4.79 Å². The number of nitrogens with one attached hydrogen (secondary N) is 2. The largest absolute Gasteiger partial charge is 0.355 e. The molecular weight excluding hydrogens is 224 g/mol. The Labute approximate surface area is 110 Å². The number of hydrogen-bond donors (Lipinski definition) is 2. The van der Waals surface area contributed by atoms with Crippen LogP contribution in [0, 0.1) is 5.41 Å². The first-order chi connectivity index (χ1) is 8.77. The lowest BCUT2D eigenvalue weighted by atomic mass is 9.71. The van der Waals surface area contributed by atoms with Crippen molar-refractivity contribution in [3.8, 4) is 0 Å². The van der Waals surface area contributed by atoms with Gasteiger partial charge in [0.15, 0.2) is 0 Å². The number of rotatable bonds is 2. The van der Waals surface area contributed by atoms with Gasteiger partial charge in [-0.25, -0.2) is 0 Å². The van der Waals surface area contributed by atoms with E-state index in [-0.39, 0.29) is 11.9 Å². The highest BCUT2D eigenvalue weighted by Gasteiger charge is 2.38. The van der Waals surface area contributed by atoms with E-state index in [2.05, 4.69) is 10.6 Å². The Bertz CT molecular complexity index is 300. The summed E-state index contributed by atoms with van der Waals surface area (Å²) in [4.78, 5) is 11.7. The molecule has 3 aliphatic rings. The van der Waals surface area contributed by atoms with Gasteiger partial charge in [-0.2, -0.15) is 0 Å². The quantitative estimate of drug-likeness (QED) is 0.790. The SMILES string of the molecule is O=C1NCCCC1NC1CCC2(CCCC2)CC1. The topological polar surface area (TPSA) is 41.1 Å². The zero-order chi connectivity index (χ0) is 12.4. The number of hydrogen-bond acceptors (Lipinski definition) is 2. The van der Waals surface area contributed by atoms with Crippen LogP contribution in [0.2, 0.25) is 0 Å². The van der Waals surface area contributed by atoms with Crippen molar-refractivity contribution in [1.29, 1.82) is 0 Å². The van der Waals surface area contributed by atoms with Crippen LogP contribution in [-0.4, -0.2) is 24.5 Å². The summed E-state index contributed by atoms with van der Waals surface area (Å²) in [7, 11) is 0. The first kappa shape index (κ1) is 12.5. The van der Waals surface area contributed by atoms with Gasteiger partial charge in [-0.15, -0.1) is 0 Å². The van der Waals surface area contributed by atoms with E-state index in [1.807, 2.05) is 0 Å². The van der Waals surface area contributed by atoms with E-state index in [0.717, 1.165) is 19.4 Å². The molecule has 3 fully saturated rings. The summed E-state index contributed by atoms with van der Waals surface area (Å²) in [5.41, 5.74) is 0.701. The van der Waals surface area contributed by atoms with Crippen molar-refractivity contribution in [1.82, 2.24) is 10.6 Å². The van der Waals surface area contributed by atoms with Crippen LogP contribution in [0.3, 0.4) is 0 Å². The second-order valence-corrected chi connectivity index (χ2v) is 6.63. The molecule has 1 atom stereocenters. The number of carbonyl (C=O) groups is 1. The lowest BCUT2D eigenvalue weighted by Gasteiger charge is -2.39. The lowest BCUT2D eigenvalue weighted by molar-refractivity contribution is -0.124. The molecule has 1 aliphatic heterocycles. The standard InChI is InChI=1S/C15H26N2O/c18-14-13(4-3-11-16-14)17-12-5-9-15(10-6-12)7-1-2-8-15/h12-13,17H,1-11H2,(H,16,18). The van der Waals surface area contributed by atoms with Crippen LogP contribution in [0.1, 0.15) is 64.2 Å². The minimum absolute atomic E-state index is 0.0846. The first-order valence-electron chi connectivity index (χ1n) is 7.81. The number of piperidine rings is 1. The predicted molar refractivity (Wildman–Crippen MR) is 72.3 cm³/mol. The summed E-state index contributed by atoms with van der Waals surface area (Å²) >= 11 is 0. The third kappa shape index (κ3) is 2.56. The molecule has 1 spiro atoms. The number of carbonyl (C=O) groups excluding carboxylic acids is 1. The monoisotopic (exact) mass is 250 g/mol. The molecule has 0 aromatic heterocycles. The van der Waals surface area contributed by atoms with Gasteiger partial charge >= 0.3 is 0 Å². The fourth-order valence-electron chi connectivity index (χ4n) is 4.24. The Balaban J connectivity index is 1.49. The van der Waals surface area contributed by atoms with Crippen LogP contribution >= 0.6 is 0 Å². The summed E-state index contributed by atoms with van der Waals surface area (Å²) in [6.45, 7) is 0.866. The predicted octanol–water partition coefficient (Wildman–Crippen LogP) is 2.36. The molecule has 102 valence electrons. The summed E-state index contributed by atoms with van der Waals surface area (Å²) in [6, 6.07) is 0.673. The van der Waals surface area contributed by atoms with Crippen molar-refractivity contribution in [3.05, 3.63) is 0 Å². The summed E-state index contributed by atoms with van der Waals surface area (Å²) in [5, 5.41) is 6.57. The molecule has 0 bridgehead atoms. The second-order valence-electron chi connectivity index (χ2n) is 6.63. The maximum absolute atomic E-state index is 11.7. The van der Waals surface area contributed by atoms with Gasteiger partial charge in [-0.1, -0.05) is 12.8 Å². The number of amides is 1. The maximum Gasteiger partial charge on any atom is 0.237 e. The fourth-order valence-corrected chi connectivity index (χ4v) is 4.24. The molecular formula is C15H26N2O. The van der Waals surface area contributed by atoms with Gasteiger partial charge in [0.25, 0.3) is 0 Å². The van der Waals surface area contributed by atoms with E-state index < -0.39 is 0 Å². The van der Waals surface area contributed by atoms with Crippen molar-refractivity contribution in [3.63, 3.8) is 0 Å². The van der Waals surface area contributed by atoms with Crippen molar-refractivity contribution in [2.24, 2.45) is 5.41 Å². The van der Waals surface area contributed by atoms with Crippen LogP contribution in [0.5, 0.6) is 0 Å². The Morgan fingerprint density at radius 1 is 1.00 bits per heavy atom. The molecule has 0 aromatic carbocycles. The van der Waals surface area contributed by atoms with Crippen molar-refractivity contribution in [2.75, 3.05) is 6.54 Å². The lowest BCUT2D eigenvalue weighted by Crippen LogP contribution is -2.52. The van der Waals surface area contributed by atoms with Gasteiger partial charge in [-0.3, -0.25) is 4.79 Å². The van der Waals surface area contributed by atoms with Crippen molar-refractivity contribution in [2.45, 2.75) is 76.3 Å². The maximum atomic E-state index is 11.7. The highest BCUT2D eigenvalue weighted by atomic mass is 16.2. The van der Waals surface area contributed by atoms with E-state index in [4.69, 9.17) is 0 Å². The van der Waals surface area contributed by atoms with Gasteiger partial charge in [0.05, 0.1) is 6.04 Å². The smallest absolute Gasteiger partial charge is 0.237 e. The molecule has 1 heterocycles. The van der Waals surface area contributed by atoms with Crippen molar-refractivity contribution < 1.29 is 4.79 Å². The molecule has 2 N–H and O–H groups in total. The third-order valence-corrected chi connectivity index (χ3v) is 5.43. The normalized spacial score (nSPS) is 32.7. The zero-order valence-corrected chi connectivity index (χ0v) is 11.3. The molecule has 3 rings (SSSR count). The highest BCUT2D eigenvalue weighted by Crippen LogP contribution is 2.48. The van der Waals surface area contributed by atoms with Crippen LogP contribution in [0.15, 0.2) is 0 Å². The van der Waals surface area contributed by atoms with Crippen LogP contribution < -0.4 is 10.6 Å². The van der Waals surface area contributed by atoms with E-state index >= 15 is 0 Å². The molecule has 1 amide bonds. The minimum Gasteiger partial charge on any atom is -0.355 e. The van der Waals surface area contributed by atoms with Gasteiger partial charge in [0, 0.05) is 12.6 Å². The van der Waals surface area contributed by atoms with E-state index in [1.165, 1.54) is 51.4 Å². The molecule has 0 aromatic rings. The Morgan fingerprint density at radius 3 is 2.39 bits per heavy atom. The summed E-state index contributed by atoms with van der Waals surface area (Å²) in [5.74, 6) is 0.224. The molecule has 1 saturated heterocycles. The third-order valence-electron chi connectivity index (χ3n) is 5.43. The Kier molecular flexibility index (Phi) is 3.60. The van der Waals surface area contributed by atoms with Gasteiger partial charge in [0.1, 0.15) is 0 Å². The van der Waals surface area contributed by atoms with Gasteiger partial charge in [0.2, 0.25) is 5.91 Å². The highest BCUT2D eigenvalue weighted by molar-refractivity contribution is 5.82. The van der Waals surface area contributed by atoms with Gasteiger partial charge in [-0.05, 0) is 56.8 Å². The van der Waals surface area contributed by atoms with E-state index in [0.29, 0.717) is 11.5 Å². The first-order valence-corrected chi connectivity index (χ1v) is 7.81. The van der Waals surface area contributed by atoms with E-state index in [1.54, 1.807) is 0 Å². The van der Waals surface area contributed by atoms with E-state index in [9.17, 15) is 4.79 Å². The molecule has 18 heavy (non-hydrogen) atoms. The average molecular weight is 250 g/mol. The van der Waals surface area contributed by atoms with Gasteiger partial charge < -0.3 is 10.6 Å². The summed E-state index contributed by atoms with van der Waals surface area (Å²) in [6.07, 6.45) is 13.3. The molecule has 3 nitrogen and oxygen atoms in total. The van der Waals surface area contributed by atoms with Crippen LogP contribution in [0.4, 0.5) is 0 Å². The fraction of sp³-hybridized carbons (Fsp3) is 0.933. The molecule has 2 saturated carbocycles. The zero-order valence-electron chi connectivity index (χ0n) is 11.3. The Morgan fingerprint density at radius 2 is 1.72 bits per heavy atom. The van der Waals surface area contributed by atoms with Crippen LogP contribution in [0.25, 0.3) is 0 Å². The average Bonchev–Trinajstić information content (AvgIpc) is 2.84.